The number of aromatic nitrogens is 2. The molecule has 0 bridgehead atoms. The highest BCUT2D eigenvalue weighted by Gasteiger charge is 2.28. The van der Waals surface area contributed by atoms with Gasteiger partial charge in [0.2, 0.25) is 5.95 Å². The topological polar surface area (TPSA) is 94.2 Å². The molecule has 3 heterocycles. The molecule has 0 atom stereocenters. The van der Waals surface area contributed by atoms with E-state index in [2.05, 4.69) is 45.1 Å². The van der Waals surface area contributed by atoms with Crippen molar-refractivity contribution in [3.05, 3.63) is 81.8 Å². The van der Waals surface area contributed by atoms with Gasteiger partial charge in [-0.25, -0.2) is 4.98 Å². The van der Waals surface area contributed by atoms with E-state index < -0.39 is 0 Å². The number of methoxy groups -OCH3 is 2. The molecule has 2 fully saturated rings. The predicted molar refractivity (Wildman–Crippen MR) is 154 cm³/mol. The third kappa shape index (κ3) is 6.63. The van der Waals surface area contributed by atoms with Crippen LogP contribution in [0.5, 0.6) is 11.5 Å². The van der Waals surface area contributed by atoms with E-state index in [1.54, 1.807) is 43.4 Å². The molecule has 1 aromatic heterocycles. The van der Waals surface area contributed by atoms with Crippen LogP contribution in [0, 0.1) is 0 Å². The van der Waals surface area contributed by atoms with Gasteiger partial charge in [-0.1, -0.05) is 36.4 Å². The van der Waals surface area contributed by atoms with Crippen LogP contribution in [-0.4, -0.2) is 104 Å². The van der Waals surface area contributed by atoms with Gasteiger partial charge in [0.15, 0.2) is 0 Å². The lowest BCUT2D eigenvalue weighted by Gasteiger charge is -2.36. The summed E-state index contributed by atoms with van der Waals surface area (Å²) in [6.07, 6.45) is 1.06. The first-order valence-corrected chi connectivity index (χ1v) is 13.9. The molecule has 40 heavy (non-hydrogen) atoms. The average Bonchev–Trinajstić information content (AvgIpc) is 3.00. The summed E-state index contributed by atoms with van der Waals surface area (Å²) in [5.74, 6) is 1.41. The van der Waals surface area contributed by atoms with Gasteiger partial charge < -0.3 is 24.2 Å². The van der Waals surface area contributed by atoms with E-state index in [0.717, 1.165) is 44.8 Å². The van der Waals surface area contributed by atoms with E-state index in [4.69, 9.17) is 14.5 Å². The third-order valence-corrected chi connectivity index (χ3v) is 7.70. The highest BCUT2D eigenvalue weighted by molar-refractivity contribution is 5.99. The van der Waals surface area contributed by atoms with Crippen LogP contribution >= 0.6 is 0 Å². The van der Waals surface area contributed by atoms with Crippen LogP contribution in [0.2, 0.25) is 0 Å². The number of aromatic amines is 1. The Bertz CT molecular complexity index is 1310. The second-order valence-electron chi connectivity index (χ2n) is 10.2. The van der Waals surface area contributed by atoms with Crippen molar-refractivity contribution in [2.45, 2.75) is 13.0 Å². The number of carbonyl (C=O) groups excluding carboxylic acids is 1. The molecule has 212 valence electrons. The van der Waals surface area contributed by atoms with Crippen molar-refractivity contribution < 1.29 is 14.3 Å². The molecule has 2 saturated heterocycles. The number of hydrogen-bond donors (Lipinski definition) is 1. The van der Waals surface area contributed by atoms with Gasteiger partial charge >= 0.3 is 0 Å². The van der Waals surface area contributed by atoms with Crippen LogP contribution in [-0.2, 0) is 13.0 Å². The van der Waals surface area contributed by atoms with Crippen LogP contribution in [0.4, 0.5) is 5.95 Å². The van der Waals surface area contributed by atoms with Crippen LogP contribution in [0.25, 0.3) is 0 Å². The highest BCUT2D eigenvalue weighted by Crippen LogP contribution is 2.30. The Morgan fingerprint density at radius 1 is 0.850 bits per heavy atom. The van der Waals surface area contributed by atoms with E-state index in [1.165, 1.54) is 5.56 Å². The quantitative estimate of drug-likeness (QED) is 0.436. The Kier molecular flexibility index (Phi) is 8.98. The van der Waals surface area contributed by atoms with Gasteiger partial charge in [0, 0.05) is 71.5 Å². The molecule has 3 aromatic rings. The fraction of sp³-hybridized carbons (Fsp3) is 0.433. The van der Waals surface area contributed by atoms with E-state index >= 15 is 0 Å². The van der Waals surface area contributed by atoms with Crippen LogP contribution in [0.3, 0.4) is 0 Å². The van der Waals surface area contributed by atoms with E-state index in [-0.39, 0.29) is 11.5 Å². The van der Waals surface area contributed by atoms with Gasteiger partial charge in [-0.3, -0.25) is 19.5 Å². The average molecular weight is 547 g/mol. The number of rotatable bonds is 9. The second-order valence-corrected chi connectivity index (χ2v) is 10.2. The Labute approximate surface area is 235 Å². The molecule has 0 unspecified atom stereocenters. The molecule has 10 nitrogen and oxygen atoms in total. The molecule has 2 aromatic carbocycles. The van der Waals surface area contributed by atoms with Crippen molar-refractivity contribution in [2.24, 2.45) is 0 Å². The number of piperazine rings is 2. The highest BCUT2D eigenvalue weighted by atomic mass is 16.5. The summed E-state index contributed by atoms with van der Waals surface area (Å²) in [6.45, 7) is 7.76. The predicted octanol–water partition coefficient (Wildman–Crippen LogP) is 2.11. The zero-order valence-corrected chi connectivity index (χ0v) is 23.3. The monoisotopic (exact) mass is 546 g/mol. The molecule has 0 aliphatic carbocycles. The SMILES string of the molecule is COc1cccc(OC)c1C(=O)N1CCN(c2nc(CN3CCN(CCc4ccccc4)CC3)cc(=O)[nH]2)CC1. The van der Waals surface area contributed by atoms with Crippen molar-refractivity contribution in [1.29, 1.82) is 0 Å². The Morgan fingerprint density at radius 2 is 1.50 bits per heavy atom. The maximum atomic E-state index is 13.3. The summed E-state index contributed by atoms with van der Waals surface area (Å²) in [5.41, 5.74) is 2.41. The summed E-state index contributed by atoms with van der Waals surface area (Å²) in [4.78, 5) is 42.2. The molecule has 0 saturated carbocycles. The van der Waals surface area contributed by atoms with Gasteiger partial charge in [-0.2, -0.15) is 0 Å². The molecule has 1 amide bonds. The van der Waals surface area contributed by atoms with Crippen molar-refractivity contribution in [3.8, 4) is 11.5 Å². The summed E-state index contributed by atoms with van der Waals surface area (Å²) >= 11 is 0. The first kappa shape index (κ1) is 27.7. The normalized spacial score (nSPS) is 16.6. The van der Waals surface area contributed by atoms with E-state index in [9.17, 15) is 9.59 Å². The van der Waals surface area contributed by atoms with Crippen molar-refractivity contribution >= 4 is 11.9 Å². The van der Waals surface area contributed by atoms with Crippen LogP contribution < -0.4 is 19.9 Å². The zero-order chi connectivity index (χ0) is 27.9. The molecule has 1 N–H and O–H groups in total. The number of nitrogens with zero attached hydrogens (tertiary/aromatic N) is 5. The Morgan fingerprint density at radius 3 is 2.15 bits per heavy atom. The van der Waals surface area contributed by atoms with E-state index in [1.807, 2.05) is 4.90 Å². The summed E-state index contributed by atoms with van der Waals surface area (Å²) in [7, 11) is 3.09. The van der Waals surface area contributed by atoms with Crippen molar-refractivity contribution in [2.75, 3.05) is 78.0 Å². The number of hydrogen-bond acceptors (Lipinski definition) is 8. The van der Waals surface area contributed by atoms with Gasteiger partial charge in [0.25, 0.3) is 11.5 Å². The fourth-order valence-electron chi connectivity index (χ4n) is 5.40. The summed E-state index contributed by atoms with van der Waals surface area (Å²) < 4.78 is 10.8. The minimum Gasteiger partial charge on any atom is -0.496 e. The van der Waals surface area contributed by atoms with E-state index in [0.29, 0.717) is 55.7 Å². The lowest BCUT2D eigenvalue weighted by Crippen LogP contribution is -2.49. The summed E-state index contributed by atoms with van der Waals surface area (Å²) in [5, 5.41) is 0. The number of benzene rings is 2. The molecular weight excluding hydrogens is 508 g/mol. The first-order chi connectivity index (χ1) is 19.5. The molecule has 10 heteroatoms. The number of carbonyl (C=O) groups is 1. The zero-order valence-electron chi connectivity index (χ0n) is 23.3. The Hall–Kier alpha value is -3.89. The molecule has 0 spiro atoms. The smallest absolute Gasteiger partial charge is 0.261 e. The van der Waals surface area contributed by atoms with Crippen LogP contribution in [0.1, 0.15) is 21.6 Å². The van der Waals surface area contributed by atoms with Gasteiger partial charge in [-0.15, -0.1) is 0 Å². The Balaban J connectivity index is 1.15. The van der Waals surface area contributed by atoms with Gasteiger partial charge in [0.05, 0.1) is 19.9 Å². The number of anilines is 1. The maximum absolute atomic E-state index is 13.3. The first-order valence-electron chi connectivity index (χ1n) is 13.9. The largest absolute Gasteiger partial charge is 0.496 e. The maximum Gasteiger partial charge on any atom is 0.261 e. The third-order valence-electron chi connectivity index (χ3n) is 7.70. The molecule has 2 aliphatic rings. The number of ether oxygens (including phenoxy) is 2. The minimum atomic E-state index is -0.154. The molecule has 2 aliphatic heterocycles. The number of H-pyrrole nitrogens is 1. The standard InChI is InChI=1S/C30H38N6O4/c1-39-25-9-6-10-26(40-2)28(25)29(38)35-17-19-36(20-18-35)30-31-24(21-27(37)32-30)22-34-15-13-33(14-16-34)12-11-23-7-4-3-5-8-23/h3-10,21H,11-20,22H2,1-2H3,(H,31,32,37). The lowest BCUT2D eigenvalue weighted by molar-refractivity contribution is 0.0739. The fourth-order valence-corrected chi connectivity index (χ4v) is 5.40. The number of nitrogens with one attached hydrogen (secondary N) is 1. The van der Waals surface area contributed by atoms with Gasteiger partial charge in [-0.05, 0) is 24.1 Å². The summed E-state index contributed by atoms with van der Waals surface area (Å²) in [6, 6.07) is 17.5. The van der Waals surface area contributed by atoms with Crippen LogP contribution in [0.15, 0.2) is 59.4 Å². The van der Waals surface area contributed by atoms with Gasteiger partial charge in [0.1, 0.15) is 17.1 Å². The number of amides is 1. The lowest BCUT2D eigenvalue weighted by atomic mass is 10.1. The minimum absolute atomic E-state index is 0.132. The second kappa shape index (κ2) is 13.0. The van der Waals surface area contributed by atoms with Crippen molar-refractivity contribution in [3.63, 3.8) is 0 Å². The molecular formula is C30H38N6O4. The molecule has 5 rings (SSSR count). The van der Waals surface area contributed by atoms with Crippen molar-refractivity contribution in [1.82, 2.24) is 24.7 Å². The molecule has 0 radical (unpaired) electrons.